The number of aliphatic hydroxyl groups is 1. The Morgan fingerprint density at radius 3 is 2.81 bits per heavy atom. The zero-order valence-electron chi connectivity index (χ0n) is 10.9. The summed E-state index contributed by atoms with van der Waals surface area (Å²) in [5, 5.41) is 12.2. The van der Waals surface area contributed by atoms with Gasteiger partial charge in [0.15, 0.2) is 6.10 Å². The summed E-state index contributed by atoms with van der Waals surface area (Å²) in [5.74, 6) is 0. The van der Waals surface area contributed by atoms with Crippen LogP contribution in [0.15, 0.2) is 24.3 Å². The van der Waals surface area contributed by atoms with Gasteiger partial charge in [-0.15, -0.1) is 0 Å². The van der Waals surface area contributed by atoms with E-state index < -0.39 is 24.4 Å². The van der Waals surface area contributed by atoms with Crippen LogP contribution in [0.4, 0.5) is 23.7 Å². The van der Waals surface area contributed by atoms with E-state index in [1.54, 1.807) is 18.2 Å². The molecule has 4 nitrogen and oxygen atoms in total. The summed E-state index contributed by atoms with van der Waals surface area (Å²) in [6, 6.07) is 4.36. The molecule has 0 aliphatic carbocycles. The van der Waals surface area contributed by atoms with Gasteiger partial charge < -0.3 is 15.3 Å². The Kier molecular flexibility index (Phi) is 4.63. The molecule has 0 saturated carbocycles. The maximum absolute atomic E-state index is 12.6. The zero-order valence-corrected chi connectivity index (χ0v) is 11.7. The van der Waals surface area contributed by atoms with E-state index in [0.29, 0.717) is 17.1 Å². The predicted octanol–water partition coefficient (Wildman–Crippen LogP) is 3.26. The fraction of sp³-hybridized carbons (Fsp3) is 0.462. The quantitative estimate of drug-likeness (QED) is 0.878. The standard InChI is InChI=1S/C13H14ClF3N2O2/c14-8-3-1-4-9(7-8)18-12(21)19-6-2-5-10(19)11(20)13(15,16)17/h1,3-4,7,10-11,20H,2,5-6H2,(H,18,21)/t10-,11+/m0/s1. The number of likely N-dealkylation sites (tertiary alicyclic amines) is 1. The number of hydrogen-bond donors (Lipinski definition) is 2. The number of hydrogen-bond acceptors (Lipinski definition) is 2. The molecule has 1 heterocycles. The number of alkyl halides is 3. The van der Waals surface area contributed by atoms with Crippen LogP contribution >= 0.6 is 11.6 Å². The van der Waals surface area contributed by atoms with Crippen molar-refractivity contribution in [1.29, 1.82) is 0 Å². The van der Waals surface area contributed by atoms with Crippen molar-refractivity contribution in [3.8, 4) is 0 Å². The molecule has 2 amide bonds. The lowest BCUT2D eigenvalue weighted by Gasteiger charge is -2.29. The largest absolute Gasteiger partial charge is 0.416 e. The van der Waals surface area contributed by atoms with Gasteiger partial charge in [0, 0.05) is 17.3 Å². The van der Waals surface area contributed by atoms with Crippen molar-refractivity contribution < 1.29 is 23.1 Å². The van der Waals surface area contributed by atoms with Crippen LogP contribution in [0, 0.1) is 0 Å². The first kappa shape index (κ1) is 15.9. The van der Waals surface area contributed by atoms with Crippen LogP contribution in [0.3, 0.4) is 0 Å². The Morgan fingerprint density at radius 2 is 2.19 bits per heavy atom. The molecule has 1 fully saturated rings. The second-order valence-electron chi connectivity index (χ2n) is 4.83. The molecule has 0 unspecified atom stereocenters. The van der Waals surface area contributed by atoms with Crippen molar-refractivity contribution in [3.05, 3.63) is 29.3 Å². The number of aliphatic hydroxyl groups excluding tert-OH is 1. The van der Waals surface area contributed by atoms with Crippen molar-refractivity contribution in [2.24, 2.45) is 0 Å². The van der Waals surface area contributed by atoms with E-state index in [-0.39, 0.29) is 13.0 Å². The average Bonchev–Trinajstić information content (AvgIpc) is 2.85. The summed E-state index contributed by atoms with van der Waals surface area (Å²) in [6.45, 7) is 0.171. The summed E-state index contributed by atoms with van der Waals surface area (Å²) in [5.41, 5.74) is 0.389. The number of carbonyl (C=O) groups is 1. The molecule has 1 aromatic carbocycles. The molecule has 1 aliphatic heterocycles. The van der Waals surface area contributed by atoms with Crippen molar-refractivity contribution in [2.75, 3.05) is 11.9 Å². The number of nitrogens with zero attached hydrogens (tertiary/aromatic N) is 1. The minimum absolute atomic E-state index is 0.115. The fourth-order valence-electron chi connectivity index (χ4n) is 2.35. The summed E-state index contributed by atoms with van der Waals surface area (Å²) in [7, 11) is 0. The minimum atomic E-state index is -4.75. The van der Waals surface area contributed by atoms with Crippen molar-refractivity contribution in [3.63, 3.8) is 0 Å². The lowest BCUT2D eigenvalue weighted by Crippen LogP contribution is -2.50. The number of benzene rings is 1. The van der Waals surface area contributed by atoms with Crippen molar-refractivity contribution in [2.45, 2.75) is 31.2 Å². The van der Waals surface area contributed by atoms with Crippen LogP contribution in [0.5, 0.6) is 0 Å². The normalized spacial score (nSPS) is 20.4. The van der Waals surface area contributed by atoms with E-state index in [2.05, 4.69) is 5.32 Å². The van der Waals surface area contributed by atoms with Crippen LogP contribution in [-0.4, -0.2) is 40.9 Å². The lowest BCUT2D eigenvalue weighted by molar-refractivity contribution is -0.216. The highest BCUT2D eigenvalue weighted by atomic mass is 35.5. The van der Waals surface area contributed by atoms with Gasteiger partial charge in [0.05, 0.1) is 6.04 Å². The molecule has 2 atom stereocenters. The van der Waals surface area contributed by atoms with E-state index in [4.69, 9.17) is 11.6 Å². The van der Waals surface area contributed by atoms with E-state index in [1.165, 1.54) is 6.07 Å². The van der Waals surface area contributed by atoms with Crippen LogP contribution in [0.1, 0.15) is 12.8 Å². The maximum atomic E-state index is 12.6. The molecule has 0 spiro atoms. The van der Waals surface area contributed by atoms with Gasteiger partial charge in [-0.3, -0.25) is 0 Å². The van der Waals surface area contributed by atoms with Gasteiger partial charge in [-0.1, -0.05) is 17.7 Å². The second-order valence-corrected chi connectivity index (χ2v) is 5.27. The Labute approximate surface area is 124 Å². The molecule has 0 radical (unpaired) electrons. The van der Waals surface area contributed by atoms with Gasteiger partial charge >= 0.3 is 12.2 Å². The van der Waals surface area contributed by atoms with E-state index in [9.17, 15) is 23.1 Å². The van der Waals surface area contributed by atoms with E-state index in [0.717, 1.165) is 4.90 Å². The Bertz CT molecular complexity index is 524. The molecular formula is C13H14ClF3N2O2. The molecule has 1 saturated heterocycles. The third kappa shape index (κ3) is 3.79. The highest BCUT2D eigenvalue weighted by molar-refractivity contribution is 6.30. The van der Waals surface area contributed by atoms with E-state index >= 15 is 0 Å². The topological polar surface area (TPSA) is 52.6 Å². The molecule has 1 aliphatic rings. The van der Waals surface area contributed by atoms with Gasteiger partial charge in [-0.2, -0.15) is 13.2 Å². The predicted molar refractivity (Wildman–Crippen MR) is 72.3 cm³/mol. The Balaban J connectivity index is 2.07. The average molecular weight is 323 g/mol. The first-order valence-corrected chi connectivity index (χ1v) is 6.75. The highest BCUT2D eigenvalue weighted by Gasteiger charge is 2.48. The number of rotatable bonds is 2. The summed E-state index contributed by atoms with van der Waals surface area (Å²) in [6.07, 6.45) is -6.75. The van der Waals surface area contributed by atoms with Gasteiger partial charge in [0.25, 0.3) is 0 Å². The summed E-state index contributed by atoms with van der Waals surface area (Å²) < 4.78 is 37.8. The number of amides is 2. The number of anilines is 1. The van der Waals surface area contributed by atoms with Gasteiger partial charge in [-0.25, -0.2) is 4.79 Å². The van der Waals surface area contributed by atoms with Gasteiger partial charge in [-0.05, 0) is 31.0 Å². The van der Waals surface area contributed by atoms with Crippen LogP contribution < -0.4 is 5.32 Å². The second kappa shape index (κ2) is 6.11. The first-order valence-electron chi connectivity index (χ1n) is 6.37. The molecular weight excluding hydrogens is 309 g/mol. The third-order valence-electron chi connectivity index (χ3n) is 3.34. The molecule has 1 aromatic rings. The smallest absolute Gasteiger partial charge is 0.382 e. The third-order valence-corrected chi connectivity index (χ3v) is 3.57. The van der Waals surface area contributed by atoms with E-state index in [1.807, 2.05) is 0 Å². The maximum Gasteiger partial charge on any atom is 0.416 e. The zero-order chi connectivity index (χ0) is 15.6. The number of nitrogens with one attached hydrogen (secondary N) is 1. The highest BCUT2D eigenvalue weighted by Crippen LogP contribution is 2.31. The molecule has 0 bridgehead atoms. The summed E-state index contributed by atoms with van der Waals surface area (Å²) in [4.78, 5) is 13.1. The lowest BCUT2D eigenvalue weighted by atomic mass is 10.1. The SMILES string of the molecule is O=C(Nc1cccc(Cl)c1)N1CCC[C@H]1[C@@H](O)C(F)(F)F. The molecule has 0 aromatic heterocycles. The monoisotopic (exact) mass is 322 g/mol. The van der Waals surface area contributed by atoms with Crippen molar-refractivity contribution >= 4 is 23.3 Å². The van der Waals surface area contributed by atoms with Crippen LogP contribution in [-0.2, 0) is 0 Å². The van der Waals surface area contributed by atoms with Gasteiger partial charge in [0.1, 0.15) is 0 Å². The fourth-order valence-corrected chi connectivity index (χ4v) is 2.54. The Hall–Kier alpha value is -1.47. The number of carbonyl (C=O) groups excluding carboxylic acids is 1. The minimum Gasteiger partial charge on any atom is -0.382 e. The Morgan fingerprint density at radius 1 is 1.48 bits per heavy atom. The van der Waals surface area contributed by atoms with Crippen LogP contribution in [0.2, 0.25) is 5.02 Å². The first-order chi connectivity index (χ1) is 9.79. The van der Waals surface area contributed by atoms with Crippen molar-refractivity contribution in [1.82, 2.24) is 4.90 Å². The molecule has 21 heavy (non-hydrogen) atoms. The number of urea groups is 1. The van der Waals surface area contributed by atoms with Gasteiger partial charge in [0.2, 0.25) is 0 Å². The van der Waals surface area contributed by atoms with Crippen LogP contribution in [0.25, 0.3) is 0 Å². The summed E-state index contributed by atoms with van der Waals surface area (Å²) >= 11 is 5.77. The molecule has 116 valence electrons. The number of halogens is 4. The molecule has 2 N–H and O–H groups in total. The molecule has 8 heteroatoms. The molecule has 2 rings (SSSR count).